The predicted octanol–water partition coefficient (Wildman–Crippen LogP) is 7.09. The minimum Gasteiger partial charge on any atom is -0.497 e. The van der Waals surface area contributed by atoms with Crippen molar-refractivity contribution in [3.05, 3.63) is 99.5 Å². The number of nitrogens with one attached hydrogen (secondary N) is 1. The highest BCUT2D eigenvalue weighted by Gasteiger charge is 2.30. The van der Waals surface area contributed by atoms with Gasteiger partial charge in [0.1, 0.15) is 11.8 Å². The van der Waals surface area contributed by atoms with E-state index in [-0.39, 0.29) is 16.9 Å². The number of nitrogens with zero attached hydrogens (tertiary/aromatic N) is 2. The molecule has 1 fully saturated rings. The second kappa shape index (κ2) is 10.5. The Morgan fingerprint density at radius 1 is 1.18 bits per heavy atom. The lowest BCUT2D eigenvalue weighted by Gasteiger charge is -2.32. The Kier molecular flexibility index (Phi) is 6.99. The van der Waals surface area contributed by atoms with Gasteiger partial charge in [0.25, 0.3) is 0 Å². The van der Waals surface area contributed by atoms with Crippen LogP contribution in [0.5, 0.6) is 5.75 Å². The lowest BCUT2D eigenvalue weighted by atomic mass is 9.72. The molecule has 3 aromatic carbocycles. The molecular weight excluding hydrogens is 505 g/mol. The maximum atomic E-state index is 14.7. The molecule has 0 bridgehead atoms. The first-order valence-electron chi connectivity index (χ1n) is 12.1. The van der Waals surface area contributed by atoms with Gasteiger partial charge in [-0.15, -0.1) is 5.10 Å². The number of aromatic amines is 1. The molecule has 1 aliphatic carbocycles. The number of halogens is 2. The number of hydrogen-bond acceptors (Lipinski definition) is 4. The summed E-state index contributed by atoms with van der Waals surface area (Å²) in [6.07, 6.45) is 5.55. The molecule has 0 aliphatic heterocycles. The van der Waals surface area contributed by atoms with Crippen LogP contribution in [-0.2, 0) is 4.79 Å². The highest BCUT2D eigenvalue weighted by atomic mass is 35.5. The topological polar surface area (TPSA) is 99.0 Å². The Labute approximate surface area is 223 Å². The summed E-state index contributed by atoms with van der Waals surface area (Å²) in [7, 11) is 1.58. The Bertz CT molecular complexity index is 1640. The van der Waals surface area contributed by atoms with Crippen LogP contribution in [0.3, 0.4) is 0 Å². The predicted molar refractivity (Wildman–Crippen MR) is 145 cm³/mol. The third kappa shape index (κ3) is 4.67. The molecule has 0 radical (unpaired) electrons. The minimum atomic E-state index is -1.04. The molecule has 2 N–H and O–H groups in total. The number of aromatic nitrogens is 2. The monoisotopic (exact) mass is 527 g/mol. The first-order valence-corrected chi connectivity index (χ1v) is 12.5. The molecule has 4 aromatic rings. The largest absolute Gasteiger partial charge is 0.497 e. The van der Waals surface area contributed by atoms with Gasteiger partial charge in [0.15, 0.2) is 0 Å². The van der Waals surface area contributed by atoms with E-state index in [1.165, 1.54) is 6.08 Å². The van der Waals surface area contributed by atoms with E-state index in [0.29, 0.717) is 27.4 Å². The lowest BCUT2D eigenvalue weighted by molar-refractivity contribution is -0.131. The average molecular weight is 528 g/mol. The third-order valence-electron chi connectivity index (χ3n) is 6.93. The second-order valence-electron chi connectivity index (χ2n) is 9.09. The molecule has 0 amide bonds. The molecule has 0 atom stereocenters. The first kappa shape index (κ1) is 25.2. The van der Waals surface area contributed by atoms with Gasteiger partial charge >= 0.3 is 5.97 Å². The van der Waals surface area contributed by atoms with E-state index in [2.05, 4.69) is 16.3 Å². The van der Waals surface area contributed by atoms with Crippen LogP contribution in [0.4, 0.5) is 4.39 Å². The van der Waals surface area contributed by atoms with Crippen LogP contribution in [0.25, 0.3) is 28.1 Å². The number of H-pyrrole nitrogens is 1. The van der Waals surface area contributed by atoms with E-state index in [0.717, 1.165) is 47.6 Å². The molecule has 38 heavy (non-hydrogen) atoms. The fraction of sp³-hybridized carbons (Fsp3) is 0.167. The van der Waals surface area contributed by atoms with E-state index < -0.39 is 11.9 Å². The highest BCUT2D eigenvalue weighted by molar-refractivity contribution is 6.33. The quantitative estimate of drug-likeness (QED) is 0.197. The molecule has 1 aliphatic rings. The molecular formula is C30H23ClFN3O3. The number of allylic oxidation sites excluding steroid dienone is 1. The van der Waals surface area contributed by atoms with E-state index in [4.69, 9.17) is 21.4 Å². The number of carbonyl (C=O) groups is 1. The number of ether oxygens (including phenoxy) is 1. The number of nitriles is 1. The second-order valence-corrected chi connectivity index (χ2v) is 9.50. The Morgan fingerprint density at radius 3 is 2.53 bits per heavy atom. The van der Waals surface area contributed by atoms with E-state index in [9.17, 15) is 14.4 Å². The van der Waals surface area contributed by atoms with Crippen molar-refractivity contribution in [1.82, 2.24) is 10.2 Å². The normalized spacial score (nSPS) is 14.3. The number of benzene rings is 3. The molecule has 6 nitrogen and oxygen atoms in total. The van der Waals surface area contributed by atoms with Crippen LogP contribution in [0.1, 0.15) is 47.1 Å². The fourth-order valence-electron chi connectivity index (χ4n) is 4.88. The number of carboxylic acids is 1. The van der Waals surface area contributed by atoms with Gasteiger partial charge in [-0.1, -0.05) is 48.4 Å². The van der Waals surface area contributed by atoms with E-state index in [1.807, 2.05) is 42.5 Å². The van der Waals surface area contributed by atoms with Crippen molar-refractivity contribution in [3.8, 4) is 11.8 Å². The Morgan fingerprint density at radius 2 is 1.92 bits per heavy atom. The molecule has 1 saturated carbocycles. The number of carboxylic acid groups (broad SMARTS) is 1. The van der Waals surface area contributed by atoms with Crippen molar-refractivity contribution < 1.29 is 19.0 Å². The van der Waals surface area contributed by atoms with Crippen molar-refractivity contribution in [2.45, 2.75) is 19.3 Å². The zero-order valence-electron chi connectivity index (χ0n) is 20.5. The molecule has 0 saturated heterocycles. The summed E-state index contributed by atoms with van der Waals surface area (Å²) in [5.41, 5.74) is 5.25. The zero-order valence-corrected chi connectivity index (χ0v) is 21.2. The van der Waals surface area contributed by atoms with Crippen LogP contribution < -0.4 is 4.74 Å². The summed E-state index contributed by atoms with van der Waals surface area (Å²) in [6.45, 7) is 0. The maximum absolute atomic E-state index is 14.7. The van der Waals surface area contributed by atoms with Gasteiger partial charge in [-0.2, -0.15) is 9.65 Å². The Balaban J connectivity index is 1.83. The summed E-state index contributed by atoms with van der Waals surface area (Å²) in [4.78, 5) is 11.0. The van der Waals surface area contributed by atoms with Gasteiger partial charge in [-0.25, -0.2) is 4.79 Å². The summed E-state index contributed by atoms with van der Waals surface area (Å²) >= 11 is 6.80. The standard InChI is InChI=1S/C30H23ClFN3O3/c1-38-20-10-11-22(24(31)15-20)28(18-3-2-4-18)27(19-8-5-17(6-9-19)7-14-26(36)37)21-12-13-25-29(23(21)16-33)30(32)35-34-25/h5-15,18H,2-4H2,1H3,(H,34,35)(H,36,37). The zero-order chi connectivity index (χ0) is 26.8. The van der Waals surface area contributed by atoms with Crippen LogP contribution in [0.15, 0.2) is 60.7 Å². The summed E-state index contributed by atoms with van der Waals surface area (Å²) in [6, 6.07) is 18.6. The summed E-state index contributed by atoms with van der Waals surface area (Å²) in [5, 5.41) is 26.2. The van der Waals surface area contributed by atoms with E-state index >= 15 is 0 Å². The van der Waals surface area contributed by atoms with Crippen molar-refractivity contribution in [3.63, 3.8) is 0 Å². The van der Waals surface area contributed by atoms with Gasteiger partial charge in [0, 0.05) is 11.6 Å². The van der Waals surface area contributed by atoms with Gasteiger partial charge < -0.3 is 9.84 Å². The minimum absolute atomic E-state index is 0.136. The van der Waals surface area contributed by atoms with Crippen LogP contribution in [0.2, 0.25) is 5.02 Å². The third-order valence-corrected chi connectivity index (χ3v) is 7.25. The van der Waals surface area contributed by atoms with Crippen LogP contribution >= 0.6 is 11.6 Å². The van der Waals surface area contributed by atoms with Gasteiger partial charge in [-0.3, -0.25) is 5.10 Å². The summed E-state index contributed by atoms with van der Waals surface area (Å²) in [5.74, 6) is -0.967. The van der Waals surface area contributed by atoms with Crippen LogP contribution in [0, 0.1) is 23.2 Å². The van der Waals surface area contributed by atoms with Gasteiger partial charge in [0.05, 0.1) is 28.6 Å². The number of hydrogen-bond donors (Lipinski definition) is 2. The number of methoxy groups -OCH3 is 1. The highest BCUT2D eigenvalue weighted by Crippen LogP contribution is 2.48. The SMILES string of the molecule is COc1ccc(C(=C(c2ccc(C=CC(=O)O)cc2)c2ccc3[nH]nc(F)c3c2C#N)C2CCC2)c(Cl)c1. The Hall–Kier alpha value is -4.41. The summed E-state index contributed by atoms with van der Waals surface area (Å²) < 4.78 is 20.1. The smallest absolute Gasteiger partial charge is 0.328 e. The number of aliphatic carboxylic acids is 1. The average Bonchev–Trinajstić information content (AvgIpc) is 3.27. The fourth-order valence-corrected chi connectivity index (χ4v) is 5.15. The van der Waals surface area contributed by atoms with Crippen molar-refractivity contribution in [2.75, 3.05) is 7.11 Å². The first-order chi connectivity index (χ1) is 18.4. The molecule has 1 heterocycles. The molecule has 1 aromatic heterocycles. The lowest BCUT2D eigenvalue weighted by Crippen LogP contribution is -2.16. The number of rotatable bonds is 7. The van der Waals surface area contributed by atoms with Gasteiger partial charge in [0.2, 0.25) is 5.95 Å². The molecule has 190 valence electrons. The van der Waals surface area contributed by atoms with E-state index in [1.54, 1.807) is 19.2 Å². The van der Waals surface area contributed by atoms with Crippen molar-refractivity contribution in [1.29, 1.82) is 5.26 Å². The number of fused-ring (bicyclic) bond motifs is 1. The van der Waals surface area contributed by atoms with Crippen molar-refractivity contribution in [2.24, 2.45) is 5.92 Å². The molecule has 8 heteroatoms. The molecule has 0 unspecified atom stereocenters. The molecule has 0 spiro atoms. The van der Waals surface area contributed by atoms with Gasteiger partial charge in [-0.05, 0) is 76.9 Å². The van der Waals surface area contributed by atoms with Crippen molar-refractivity contribution >= 4 is 45.7 Å². The molecule has 5 rings (SSSR count). The maximum Gasteiger partial charge on any atom is 0.328 e. The van der Waals surface area contributed by atoms with Crippen LogP contribution in [-0.4, -0.2) is 28.4 Å².